The molecule has 0 unspecified atom stereocenters. The number of rotatable bonds is 5. The molecule has 2 heterocycles. The van der Waals surface area contributed by atoms with Crippen LogP contribution in [0.15, 0.2) is 60.9 Å². The third-order valence-electron chi connectivity index (χ3n) is 4.98. The van der Waals surface area contributed by atoms with E-state index in [1.165, 1.54) is 17.5 Å². The molecule has 1 aliphatic heterocycles. The maximum atomic E-state index is 9.37. The molecule has 1 aromatic carbocycles. The molecule has 25 heavy (non-hydrogen) atoms. The highest BCUT2D eigenvalue weighted by Crippen LogP contribution is 2.31. The van der Waals surface area contributed by atoms with E-state index in [9.17, 15) is 5.11 Å². The average molecular weight is 337 g/mol. The molecule has 0 spiro atoms. The largest absolute Gasteiger partial charge is 0.506 e. The lowest BCUT2D eigenvalue weighted by atomic mass is 9.80. The molecule has 0 aliphatic carbocycles. The lowest BCUT2D eigenvalue weighted by Crippen LogP contribution is -2.46. The molecule has 4 nitrogen and oxygen atoms in total. The van der Waals surface area contributed by atoms with Crippen LogP contribution < -0.4 is 4.90 Å². The van der Waals surface area contributed by atoms with Crippen LogP contribution in [-0.4, -0.2) is 41.2 Å². The fourth-order valence-corrected chi connectivity index (χ4v) is 3.43. The van der Waals surface area contributed by atoms with Gasteiger partial charge >= 0.3 is 0 Å². The number of hydrogen-bond acceptors (Lipinski definition) is 4. The molecule has 1 aliphatic rings. The van der Waals surface area contributed by atoms with Gasteiger partial charge < -0.3 is 14.9 Å². The van der Waals surface area contributed by atoms with Gasteiger partial charge in [0.15, 0.2) is 0 Å². The maximum absolute atomic E-state index is 9.37. The van der Waals surface area contributed by atoms with E-state index < -0.39 is 0 Å². The molecule has 3 rings (SSSR count). The molecule has 0 saturated carbocycles. The van der Waals surface area contributed by atoms with Gasteiger partial charge in [0, 0.05) is 31.9 Å². The van der Waals surface area contributed by atoms with Crippen molar-refractivity contribution in [1.82, 2.24) is 9.88 Å². The van der Waals surface area contributed by atoms with Gasteiger partial charge in [-0.15, -0.1) is 0 Å². The molecule has 0 atom stereocenters. The monoisotopic (exact) mass is 337 g/mol. The van der Waals surface area contributed by atoms with Gasteiger partial charge in [-0.3, -0.25) is 0 Å². The van der Waals surface area contributed by atoms with Crippen LogP contribution in [0.5, 0.6) is 5.75 Å². The maximum Gasteiger partial charge on any atom is 0.134 e. The zero-order valence-corrected chi connectivity index (χ0v) is 15.2. The molecule has 132 valence electrons. The van der Waals surface area contributed by atoms with Gasteiger partial charge in [0.05, 0.1) is 6.20 Å². The molecule has 4 heteroatoms. The van der Waals surface area contributed by atoms with E-state index in [4.69, 9.17) is 0 Å². The van der Waals surface area contributed by atoms with Gasteiger partial charge in [0.1, 0.15) is 11.6 Å². The van der Waals surface area contributed by atoms with Gasteiger partial charge in [-0.25, -0.2) is 4.98 Å². The third kappa shape index (κ3) is 4.13. The minimum absolute atomic E-state index is 0.0774. The molecule has 1 fully saturated rings. The second-order valence-electron chi connectivity index (χ2n) is 7.34. The Bertz CT molecular complexity index is 702. The number of allylic oxidation sites excluding steroid dienone is 1. The molecular weight excluding hydrogens is 310 g/mol. The zero-order valence-electron chi connectivity index (χ0n) is 15.2. The number of pyridine rings is 1. The minimum atomic E-state index is 0.0774. The van der Waals surface area contributed by atoms with Crippen molar-refractivity contribution in [2.45, 2.75) is 25.7 Å². The van der Waals surface area contributed by atoms with E-state index in [1.54, 1.807) is 6.07 Å². The summed E-state index contributed by atoms with van der Waals surface area (Å²) in [6.07, 6.45) is 2.46. The lowest BCUT2D eigenvalue weighted by Gasteiger charge is -2.39. The molecular formula is C21H27N3O. The molecule has 1 saturated heterocycles. The first-order valence-electron chi connectivity index (χ1n) is 8.84. The van der Waals surface area contributed by atoms with Gasteiger partial charge in [-0.2, -0.15) is 0 Å². The predicted octanol–water partition coefficient (Wildman–Crippen LogP) is 3.79. The summed E-state index contributed by atoms with van der Waals surface area (Å²) >= 11 is 0. The number of hydrogen-bond donors (Lipinski definition) is 1. The Morgan fingerprint density at radius 3 is 2.36 bits per heavy atom. The summed E-state index contributed by atoms with van der Waals surface area (Å²) < 4.78 is 0. The van der Waals surface area contributed by atoms with Crippen molar-refractivity contribution in [3.05, 3.63) is 66.5 Å². The zero-order chi connectivity index (χ0) is 17.9. The summed E-state index contributed by atoms with van der Waals surface area (Å²) in [6, 6.07) is 14.2. The van der Waals surface area contributed by atoms with Crippen molar-refractivity contribution >= 4 is 5.82 Å². The first kappa shape index (κ1) is 17.3. The first-order valence-corrected chi connectivity index (χ1v) is 8.84. The third-order valence-corrected chi connectivity index (χ3v) is 4.98. The quantitative estimate of drug-likeness (QED) is 0.901. The molecule has 1 N–H and O–H groups in total. The Hall–Kier alpha value is -2.49. The van der Waals surface area contributed by atoms with Crippen molar-refractivity contribution < 1.29 is 5.11 Å². The number of nitrogens with zero attached hydrogens (tertiary/aromatic N) is 3. The molecule has 0 amide bonds. The summed E-state index contributed by atoms with van der Waals surface area (Å²) in [5.41, 5.74) is 2.63. The van der Waals surface area contributed by atoms with Gasteiger partial charge in [0.2, 0.25) is 0 Å². The summed E-state index contributed by atoms with van der Waals surface area (Å²) in [6.45, 7) is 12.7. The fraction of sp³-hybridized carbons (Fsp3) is 0.381. The second kappa shape index (κ2) is 7.18. The standard InChI is InChI=1S/C21H27N3O/c1-17(15-21(2,3)18-7-5-4-6-8-18)23-11-13-24(14-12-23)20-10-9-19(25)16-22-20/h4-10,16,25H,1,11-15H2,2-3H3. The van der Waals surface area contributed by atoms with E-state index in [0.29, 0.717) is 0 Å². The highest BCUT2D eigenvalue weighted by atomic mass is 16.3. The Kier molecular flexibility index (Phi) is 4.98. The Morgan fingerprint density at radius 2 is 1.76 bits per heavy atom. The summed E-state index contributed by atoms with van der Waals surface area (Å²) in [4.78, 5) is 8.95. The Labute approximate surface area is 150 Å². The van der Waals surface area contributed by atoms with E-state index in [0.717, 1.165) is 38.4 Å². The van der Waals surface area contributed by atoms with Crippen LogP contribution in [0.3, 0.4) is 0 Å². The summed E-state index contributed by atoms with van der Waals surface area (Å²) in [7, 11) is 0. The predicted molar refractivity (Wildman–Crippen MR) is 103 cm³/mol. The second-order valence-corrected chi connectivity index (χ2v) is 7.34. The van der Waals surface area contributed by atoms with E-state index in [-0.39, 0.29) is 11.2 Å². The van der Waals surface area contributed by atoms with Crippen molar-refractivity contribution in [2.24, 2.45) is 0 Å². The van der Waals surface area contributed by atoms with E-state index in [1.807, 2.05) is 6.07 Å². The van der Waals surface area contributed by atoms with Gasteiger partial charge in [-0.1, -0.05) is 50.8 Å². The fourth-order valence-electron chi connectivity index (χ4n) is 3.43. The Morgan fingerprint density at radius 1 is 1.08 bits per heavy atom. The number of aromatic nitrogens is 1. The highest BCUT2D eigenvalue weighted by molar-refractivity contribution is 5.41. The first-order chi connectivity index (χ1) is 12.0. The number of anilines is 1. The van der Waals surface area contributed by atoms with Crippen molar-refractivity contribution in [1.29, 1.82) is 0 Å². The molecule has 0 bridgehead atoms. The highest BCUT2D eigenvalue weighted by Gasteiger charge is 2.25. The van der Waals surface area contributed by atoms with Crippen LogP contribution in [0.25, 0.3) is 0 Å². The van der Waals surface area contributed by atoms with Crippen LogP contribution >= 0.6 is 0 Å². The average Bonchev–Trinajstić information content (AvgIpc) is 2.63. The summed E-state index contributed by atoms with van der Waals surface area (Å²) in [5, 5.41) is 9.37. The van der Waals surface area contributed by atoms with Crippen molar-refractivity contribution in [2.75, 3.05) is 31.1 Å². The molecule has 2 aromatic rings. The molecule has 0 radical (unpaired) electrons. The van der Waals surface area contributed by atoms with E-state index in [2.05, 4.69) is 65.5 Å². The number of aromatic hydroxyl groups is 1. The van der Waals surface area contributed by atoms with Crippen molar-refractivity contribution in [3.8, 4) is 5.75 Å². The van der Waals surface area contributed by atoms with Gasteiger partial charge in [-0.05, 0) is 29.5 Å². The van der Waals surface area contributed by atoms with Crippen LogP contribution in [0.1, 0.15) is 25.8 Å². The minimum Gasteiger partial charge on any atom is -0.506 e. The van der Waals surface area contributed by atoms with Crippen LogP contribution in [0.4, 0.5) is 5.82 Å². The SMILES string of the molecule is C=C(CC(C)(C)c1ccccc1)N1CCN(c2ccc(O)cn2)CC1. The Balaban J connectivity index is 1.57. The van der Waals surface area contributed by atoms with E-state index >= 15 is 0 Å². The van der Waals surface area contributed by atoms with Gasteiger partial charge in [0.25, 0.3) is 0 Å². The van der Waals surface area contributed by atoms with Crippen LogP contribution in [0, 0.1) is 0 Å². The normalized spacial score (nSPS) is 15.3. The lowest BCUT2D eigenvalue weighted by molar-refractivity contribution is 0.294. The number of benzene rings is 1. The summed E-state index contributed by atoms with van der Waals surface area (Å²) in [5.74, 6) is 1.13. The number of piperazine rings is 1. The van der Waals surface area contributed by atoms with Crippen molar-refractivity contribution in [3.63, 3.8) is 0 Å². The van der Waals surface area contributed by atoms with Crippen LogP contribution in [0.2, 0.25) is 0 Å². The smallest absolute Gasteiger partial charge is 0.134 e. The molecule has 1 aromatic heterocycles. The van der Waals surface area contributed by atoms with Crippen LogP contribution in [-0.2, 0) is 5.41 Å². The topological polar surface area (TPSA) is 39.6 Å².